The molecular formula is C12H14F2O3. The lowest BCUT2D eigenvalue weighted by Crippen LogP contribution is -2.08. The highest BCUT2D eigenvalue weighted by Crippen LogP contribution is 2.29. The minimum Gasteiger partial charge on any atom is -0.465 e. The Kier molecular flexibility index (Phi) is 4.43. The van der Waals surface area contributed by atoms with Crippen LogP contribution in [0.5, 0.6) is 5.75 Å². The third-order valence-corrected chi connectivity index (χ3v) is 2.27. The first-order valence-electron chi connectivity index (χ1n) is 5.12. The number of methoxy groups -OCH3 is 1. The molecule has 1 rings (SSSR count). The fourth-order valence-electron chi connectivity index (χ4n) is 1.45. The fraction of sp³-hybridized carbons (Fsp3) is 0.417. The van der Waals surface area contributed by atoms with Crippen molar-refractivity contribution < 1.29 is 23.0 Å². The molecule has 0 aliphatic heterocycles. The molecular weight excluding hydrogens is 230 g/mol. The predicted molar refractivity (Wildman–Crippen MR) is 58.5 cm³/mol. The SMILES string of the molecule is COC(=O)c1ccc(C(C)C)c(OC(F)F)c1. The Bertz CT molecular complexity index is 403. The summed E-state index contributed by atoms with van der Waals surface area (Å²) in [4.78, 5) is 11.3. The highest BCUT2D eigenvalue weighted by molar-refractivity contribution is 5.89. The molecule has 0 fully saturated rings. The van der Waals surface area contributed by atoms with Crippen molar-refractivity contribution in [1.82, 2.24) is 0 Å². The summed E-state index contributed by atoms with van der Waals surface area (Å²) in [7, 11) is 1.23. The number of carbonyl (C=O) groups is 1. The van der Waals surface area contributed by atoms with E-state index in [1.807, 2.05) is 13.8 Å². The molecule has 5 heteroatoms. The number of alkyl halides is 2. The van der Waals surface area contributed by atoms with Crippen LogP contribution in [0.1, 0.15) is 35.7 Å². The van der Waals surface area contributed by atoms with Gasteiger partial charge in [-0.05, 0) is 23.6 Å². The smallest absolute Gasteiger partial charge is 0.387 e. The summed E-state index contributed by atoms with van der Waals surface area (Å²) in [6, 6.07) is 4.39. The van der Waals surface area contributed by atoms with Gasteiger partial charge >= 0.3 is 12.6 Å². The maximum atomic E-state index is 12.2. The van der Waals surface area contributed by atoms with Crippen molar-refractivity contribution in [2.45, 2.75) is 26.4 Å². The number of halogens is 2. The van der Waals surface area contributed by atoms with Gasteiger partial charge in [0, 0.05) is 0 Å². The van der Waals surface area contributed by atoms with Gasteiger partial charge in [-0.2, -0.15) is 8.78 Å². The van der Waals surface area contributed by atoms with Gasteiger partial charge in [0.1, 0.15) is 5.75 Å². The summed E-state index contributed by atoms with van der Waals surface area (Å²) in [5.41, 5.74) is 0.811. The van der Waals surface area contributed by atoms with E-state index in [1.165, 1.54) is 19.2 Å². The van der Waals surface area contributed by atoms with Crippen molar-refractivity contribution in [3.05, 3.63) is 29.3 Å². The lowest BCUT2D eigenvalue weighted by atomic mass is 10.0. The average molecular weight is 244 g/mol. The van der Waals surface area contributed by atoms with Crippen molar-refractivity contribution in [2.24, 2.45) is 0 Å². The van der Waals surface area contributed by atoms with Crippen LogP contribution in [-0.4, -0.2) is 19.7 Å². The van der Waals surface area contributed by atoms with Gasteiger partial charge in [0.2, 0.25) is 0 Å². The number of benzene rings is 1. The van der Waals surface area contributed by atoms with Crippen LogP contribution in [0.4, 0.5) is 8.78 Å². The first kappa shape index (κ1) is 13.4. The maximum Gasteiger partial charge on any atom is 0.387 e. The van der Waals surface area contributed by atoms with E-state index in [-0.39, 0.29) is 17.2 Å². The first-order chi connectivity index (χ1) is 7.95. The zero-order valence-electron chi connectivity index (χ0n) is 9.87. The van der Waals surface area contributed by atoms with Crippen molar-refractivity contribution in [2.75, 3.05) is 7.11 Å². The molecule has 0 N–H and O–H groups in total. The number of hydrogen-bond donors (Lipinski definition) is 0. The van der Waals surface area contributed by atoms with Gasteiger partial charge in [0.25, 0.3) is 0 Å². The van der Waals surface area contributed by atoms with Crippen molar-refractivity contribution in [3.8, 4) is 5.75 Å². The highest BCUT2D eigenvalue weighted by Gasteiger charge is 2.15. The molecule has 0 heterocycles. The number of hydrogen-bond acceptors (Lipinski definition) is 3. The van der Waals surface area contributed by atoms with Crippen LogP contribution in [0.2, 0.25) is 0 Å². The zero-order chi connectivity index (χ0) is 13.0. The molecule has 0 spiro atoms. The average Bonchev–Trinajstić information content (AvgIpc) is 2.26. The molecule has 0 aromatic heterocycles. The van der Waals surface area contributed by atoms with Crippen molar-refractivity contribution in [3.63, 3.8) is 0 Å². The highest BCUT2D eigenvalue weighted by atomic mass is 19.3. The van der Waals surface area contributed by atoms with Gasteiger partial charge in [-0.15, -0.1) is 0 Å². The second-order valence-corrected chi connectivity index (χ2v) is 3.78. The molecule has 1 aromatic carbocycles. The summed E-state index contributed by atoms with van der Waals surface area (Å²) in [6.45, 7) is 0.789. The van der Waals surface area contributed by atoms with Gasteiger partial charge < -0.3 is 9.47 Å². The normalized spacial score (nSPS) is 10.8. The Balaban J connectivity index is 3.14. The van der Waals surface area contributed by atoms with Crippen molar-refractivity contribution in [1.29, 1.82) is 0 Å². The Morgan fingerprint density at radius 1 is 1.29 bits per heavy atom. The molecule has 0 radical (unpaired) electrons. The van der Waals surface area contributed by atoms with Crippen LogP contribution in [0.3, 0.4) is 0 Å². The molecule has 0 aliphatic carbocycles. The van der Waals surface area contributed by atoms with Crippen LogP contribution in [0, 0.1) is 0 Å². The monoisotopic (exact) mass is 244 g/mol. The van der Waals surface area contributed by atoms with Gasteiger partial charge in [-0.3, -0.25) is 0 Å². The number of carbonyl (C=O) groups excluding carboxylic acids is 1. The second kappa shape index (κ2) is 5.61. The van der Waals surface area contributed by atoms with E-state index < -0.39 is 12.6 Å². The Labute approximate surface area is 98.3 Å². The van der Waals surface area contributed by atoms with Crippen molar-refractivity contribution >= 4 is 5.97 Å². The second-order valence-electron chi connectivity index (χ2n) is 3.78. The number of ether oxygens (including phenoxy) is 2. The molecule has 0 atom stereocenters. The van der Waals surface area contributed by atoms with Crippen LogP contribution < -0.4 is 4.74 Å². The third kappa shape index (κ3) is 3.41. The lowest BCUT2D eigenvalue weighted by Gasteiger charge is -2.14. The fourth-order valence-corrected chi connectivity index (χ4v) is 1.45. The largest absolute Gasteiger partial charge is 0.465 e. The molecule has 1 aromatic rings. The first-order valence-corrected chi connectivity index (χ1v) is 5.12. The number of esters is 1. The molecule has 0 bridgehead atoms. The van der Waals surface area contributed by atoms with E-state index in [1.54, 1.807) is 6.07 Å². The van der Waals surface area contributed by atoms with E-state index in [2.05, 4.69) is 9.47 Å². The van der Waals surface area contributed by atoms with Gasteiger partial charge in [-0.1, -0.05) is 19.9 Å². The van der Waals surface area contributed by atoms with E-state index in [0.717, 1.165) is 0 Å². The van der Waals surface area contributed by atoms with Gasteiger partial charge in [-0.25, -0.2) is 4.79 Å². The predicted octanol–water partition coefficient (Wildman–Crippen LogP) is 3.20. The summed E-state index contributed by atoms with van der Waals surface area (Å²) in [5.74, 6) is -0.548. The summed E-state index contributed by atoms with van der Waals surface area (Å²) < 4.78 is 33.4. The summed E-state index contributed by atoms with van der Waals surface area (Å²) in [5, 5.41) is 0. The summed E-state index contributed by atoms with van der Waals surface area (Å²) >= 11 is 0. The van der Waals surface area contributed by atoms with Gasteiger partial charge in [0.05, 0.1) is 12.7 Å². The van der Waals surface area contributed by atoms with E-state index in [0.29, 0.717) is 5.56 Å². The molecule has 0 saturated carbocycles. The zero-order valence-corrected chi connectivity index (χ0v) is 9.87. The standard InChI is InChI=1S/C12H14F2O3/c1-7(2)9-5-4-8(11(15)16-3)6-10(9)17-12(13)14/h4-7,12H,1-3H3. The topological polar surface area (TPSA) is 35.5 Å². The molecule has 0 amide bonds. The molecule has 94 valence electrons. The molecule has 0 aliphatic rings. The number of rotatable bonds is 4. The van der Waals surface area contributed by atoms with Crippen LogP contribution in [-0.2, 0) is 4.74 Å². The van der Waals surface area contributed by atoms with Gasteiger partial charge in [0.15, 0.2) is 0 Å². The minimum absolute atomic E-state index is 0.0119. The quantitative estimate of drug-likeness (QED) is 0.763. The maximum absolute atomic E-state index is 12.2. The van der Waals surface area contributed by atoms with Crippen LogP contribution in [0.15, 0.2) is 18.2 Å². The van der Waals surface area contributed by atoms with E-state index in [4.69, 9.17) is 0 Å². The Morgan fingerprint density at radius 3 is 2.41 bits per heavy atom. The van der Waals surface area contributed by atoms with Crippen LogP contribution in [0.25, 0.3) is 0 Å². The van der Waals surface area contributed by atoms with E-state index in [9.17, 15) is 13.6 Å². The minimum atomic E-state index is -2.92. The Hall–Kier alpha value is -1.65. The molecule has 0 saturated heterocycles. The van der Waals surface area contributed by atoms with E-state index >= 15 is 0 Å². The lowest BCUT2D eigenvalue weighted by molar-refractivity contribution is -0.0506. The Morgan fingerprint density at radius 2 is 1.94 bits per heavy atom. The molecule has 0 unspecified atom stereocenters. The van der Waals surface area contributed by atoms with Crippen LogP contribution >= 0.6 is 0 Å². The molecule has 17 heavy (non-hydrogen) atoms. The third-order valence-electron chi connectivity index (χ3n) is 2.27. The summed E-state index contributed by atoms with van der Waals surface area (Å²) in [6.07, 6.45) is 0. The molecule has 3 nitrogen and oxygen atoms in total.